The minimum absolute atomic E-state index is 0.0545. The number of ether oxygens (including phenoxy) is 1. The van der Waals surface area contributed by atoms with Gasteiger partial charge in [0.25, 0.3) is 5.56 Å². The maximum Gasteiger partial charge on any atom is 0.274 e. The highest BCUT2D eigenvalue weighted by Crippen LogP contribution is 2.22. The lowest BCUT2D eigenvalue weighted by molar-refractivity contribution is -0.129. The molecule has 4 aromatic rings. The number of aromatic nitrogens is 2. The van der Waals surface area contributed by atoms with Gasteiger partial charge in [0.05, 0.1) is 24.6 Å². The predicted octanol–water partition coefficient (Wildman–Crippen LogP) is 3.30. The van der Waals surface area contributed by atoms with Gasteiger partial charge in [0.2, 0.25) is 5.91 Å². The van der Waals surface area contributed by atoms with E-state index in [0.717, 1.165) is 27.5 Å². The molecule has 0 aliphatic heterocycles. The lowest BCUT2D eigenvalue weighted by Gasteiger charge is -2.18. The van der Waals surface area contributed by atoms with E-state index in [9.17, 15) is 9.59 Å². The number of fused-ring (bicyclic) bond motifs is 2. The van der Waals surface area contributed by atoms with Gasteiger partial charge in [0.1, 0.15) is 5.75 Å². The number of nitrogens with zero attached hydrogens (tertiary/aromatic N) is 3. The van der Waals surface area contributed by atoms with Crippen LogP contribution >= 0.6 is 0 Å². The minimum atomic E-state index is -0.164. The third kappa shape index (κ3) is 3.76. The summed E-state index contributed by atoms with van der Waals surface area (Å²) in [5.41, 5.74) is 1.49. The maximum atomic E-state index is 12.9. The van der Waals surface area contributed by atoms with Crippen LogP contribution in [0.1, 0.15) is 11.3 Å². The van der Waals surface area contributed by atoms with Crippen molar-refractivity contribution in [2.24, 2.45) is 7.05 Å². The zero-order valence-electron chi connectivity index (χ0n) is 17.3. The van der Waals surface area contributed by atoms with Crippen molar-refractivity contribution in [1.29, 1.82) is 0 Å². The molecule has 0 spiro atoms. The average Bonchev–Trinajstić information content (AvgIpc) is 2.76. The summed E-state index contributed by atoms with van der Waals surface area (Å²) in [5, 5.41) is 7.82. The van der Waals surface area contributed by atoms with Crippen LogP contribution in [0.4, 0.5) is 0 Å². The number of carbonyl (C=O) groups excluding carboxylic acids is 1. The van der Waals surface area contributed by atoms with Crippen molar-refractivity contribution >= 4 is 27.5 Å². The van der Waals surface area contributed by atoms with Gasteiger partial charge in [-0.1, -0.05) is 36.4 Å². The van der Waals surface area contributed by atoms with E-state index in [1.54, 1.807) is 32.2 Å². The van der Waals surface area contributed by atoms with Gasteiger partial charge in [-0.3, -0.25) is 9.59 Å². The molecular weight excluding hydrogens is 378 g/mol. The van der Waals surface area contributed by atoms with Crippen molar-refractivity contribution in [1.82, 2.24) is 14.7 Å². The summed E-state index contributed by atoms with van der Waals surface area (Å²) in [6.07, 6.45) is 0.135. The standard InChI is InChI=1S/C24H23N3O3/c1-26(15-16-8-9-18-13-19(30-3)11-10-17(18)12-16)23(28)14-22-20-6-4-5-7-21(20)24(29)27(2)25-22/h4-13H,14-15H2,1-3H3. The van der Waals surface area contributed by atoms with Crippen molar-refractivity contribution in [2.45, 2.75) is 13.0 Å². The van der Waals surface area contributed by atoms with E-state index in [4.69, 9.17) is 4.74 Å². The van der Waals surface area contributed by atoms with Gasteiger partial charge < -0.3 is 9.64 Å². The molecule has 0 saturated carbocycles. The average molecular weight is 401 g/mol. The molecule has 6 nitrogen and oxygen atoms in total. The van der Waals surface area contributed by atoms with Crippen LogP contribution in [0.2, 0.25) is 0 Å². The fourth-order valence-electron chi connectivity index (χ4n) is 3.65. The monoisotopic (exact) mass is 401 g/mol. The van der Waals surface area contributed by atoms with Crippen molar-refractivity contribution in [2.75, 3.05) is 14.2 Å². The summed E-state index contributed by atoms with van der Waals surface area (Å²) in [5.74, 6) is 0.765. The van der Waals surface area contributed by atoms with Crippen LogP contribution in [0.3, 0.4) is 0 Å². The molecular formula is C24H23N3O3. The summed E-state index contributed by atoms with van der Waals surface area (Å²) in [4.78, 5) is 26.9. The number of carbonyl (C=O) groups is 1. The lowest BCUT2D eigenvalue weighted by atomic mass is 10.1. The topological polar surface area (TPSA) is 64.4 Å². The molecule has 152 valence electrons. The third-order valence-electron chi connectivity index (χ3n) is 5.31. The largest absolute Gasteiger partial charge is 0.497 e. The molecule has 0 radical (unpaired) electrons. The first-order valence-corrected chi connectivity index (χ1v) is 9.72. The number of aryl methyl sites for hydroxylation is 1. The molecule has 0 bridgehead atoms. The second kappa shape index (κ2) is 7.99. The van der Waals surface area contributed by atoms with Crippen LogP contribution in [0, 0.1) is 0 Å². The second-order valence-electron chi connectivity index (χ2n) is 7.40. The summed E-state index contributed by atoms with van der Waals surface area (Å²) in [6, 6.07) is 19.3. The van der Waals surface area contributed by atoms with Gasteiger partial charge in [-0.25, -0.2) is 4.68 Å². The molecule has 0 unspecified atom stereocenters. The first kappa shape index (κ1) is 19.6. The Morgan fingerprint density at radius 3 is 2.50 bits per heavy atom. The Hall–Kier alpha value is -3.67. The van der Waals surface area contributed by atoms with Crippen LogP contribution < -0.4 is 10.3 Å². The van der Waals surface area contributed by atoms with Gasteiger partial charge >= 0.3 is 0 Å². The smallest absolute Gasteiger partial charge is 0.274 e. The van der Waals surface area contributed by atoms with E-state index >= 15 is 0 Å². The van der Waals surface area contributed by atoms with E-state index in [1.807, 2.05) is 48.5 Å². The van der Waals surface area contributed by atoms with E-state index in [-0.39, 0.29) is 17.9 Å². The normalized spacial score (nSPS) is 11.0. The number of benzene rings is 3. The molecule has 0 atom stereocenters. The number of hydrogen-bond acceptors (Lipinski definition) is 4. The Morgan fingerprint density at radius 1 is 1.03 bits per heavy atom. The van der Waals surface area contributed by atoms with Crippen LogP contribution in [-0.4, -0.2) is 34.7 Å². The molecule has 4 rings (SSSR count). The summed E-state index contributed by atoms with van der Waals surface area (Å²) < 4.78 is 6.57. The molecule has 0 N–H and O–H groups in total. The number of likely N-dealkylation sites (N-methyl/N-ethyl adjacent to an activating group) is 1. The fraction of sp³-hybridized carbons (Fsp3) is 0.208. The van der Waals surface area contributed by atoms with E-state index < -0.39 is 0 Å². The minimum Gasteiger partial charge on any atom is -0.497 e. The Labute approximate surface area is 174 Å². The maximum absolute atomic E-state index is 12.9. The van der Waals surface area contributed by atoms with Crippen LogP contribution in [0.25, 0.3) is 21.5 Å². The molecule has 0 fully saturated rings. The van der Waals surface area contributed by atoms with Gasteiger partial charge in [-0.2, -0.15) is 5.10 Å². The van der Waals surface area contributed by atoms with Crippen LogP contribution in [0.5, 0.6) is 5.75 Å². The molecule has 0 saturated heterocycles. The van der Waals surface area contributed by atoms with Crippen molar-refractivity contribution < 1.29 is 9.53 Å². The Morgan fingerprint density at radius 2 is 1.73 bits per heavy atom. The quantitative estimate of drug-likeness (QED) is 0.515. The Kier molecular flexibility index (Phi) is 5.23. The third-order valence-corrected chi connectivity index (χ3v) is 5.31. The highest BCUT2D eigenvalue weighted by Gasteiger charge is 2.16. The summed E-state index contributed by atoms with van der Waals surface area (Å²) in [7, 11) is 5.04. The van der Waals surface area contributed by atoms with Gasteiger partial charge in [0.15, 0.2) is 0 Å². The second-order valence-corrected chi connectivity index (χ2v) is 7.40. The number of rotatable bonds is 5. The fourth-order valence-corrected chi connectivity index (χ4v) is 3.65. The SMILES string of the molecule is COc1ccc2cc(CN(C)C(=O)Cc3nn(C)c(=O)c4ccccc34)ccc2c1. The summed E-state index contributed by atoms with van der Waals surface area (Å²) >= 11 is 0. The van der Waals surface area contributed by atoms with E-state index in [1.165, 1.54) is 4.68 Å². The van der Waals surface area contributed by atoms with Crippen LogP contribution in [-0.2, 0) is 24.8 Å². The van der Waals surface area contributed by atoms with Gasteiger partial charge in [-0.15, -0.1) is 0 Å². The van der Waals surface area contributed by atoms with E-state index in [2.05, 4.69) is 11.2 Å². The van der Waals surface area contributed by atoms with Crippen LogP contribution in [0.15, 0.2) is 65.5 Å². The molecule has 30 heavy (non-hydrogen) atoms. The molecule has 1 amide bonds. The zero-order chi connectivity index (χ0) is 21.3. The molecule has 6 heteroatoms. The molecule has 1 heterocycles. The first-order chi connectivity index (χ1) is 14.5. The first-order valence-electron chi connectivity index (χ1n) is 9.72. The summed E-state index contributed by atoms with van der Waals surface area (Å²) in [6.45, 7) is 0.491. The van der Waals surface area contributed by atoms with Gasteiger partial charge in [-0.05, 0) is 40.6 Å². The van der Waals surface area contributed by atoms with Crippen molar-refractivity contribution in [3.05, 3.63) is 82.3 Å². The Bertz CT molecular complexity index is 1310. The highest BCUT2D eigenvalue weighted by molar-refractivity contribution is 5.88. The molecule has 0 aliphatic rings. The van der Waals surface area contributed by atoms with Gasteiger partial charge in [0, 0.05) is 26.0 Å². The lowest BCUT2D eigenvalue weighted by Crippen LogP contribution is -2.29. The van der Waals surface area contributed by atoms with Crippen molar-refractivity contribution in [3.8, 4) is 5.75 Å². The molecule has 3 aromatic carbocycles. The Balaban J connectivity index is 1.55. The van der Waals surface area contributed by atoms with Crippen molar-refractivity contribution in [3.63, 3.8) is 0 Å². The highest BCUT2D eigenvalue weighted by atomic mass is 16.5. The zero-order valence-corrected chi connectivity index (χ0v) is 17.3. The number of hydrogen-bond donors (Lipinski definition) is 0. The number of amides is 1. The molecule has 0 aliphatic carbocycles. The molecule has 1 aromatic heterocycles. The predicted molar refractivity (Wildman–Crippen MR) is 118 cm³/mol. The van der Waals surface area contributed by atoms with E-state index in [0.29, 0.717) is 17.6 Å². The number of methoxy groups -OCH3 is 1.